The summed E-state index contributed by atoms with van der Waals surface area (Å²) in [5.41, 5.74) is 1.24. The normalized spacial score (nSPS) is 13.9. The van der Waals surface area contributed by atoms with Crippen molar-refractivity contribution in [2.75, 3.05) is 0 Å². The van der Waals surface area contributed by atoms with Crippen LogP contribution in [-0.4, -0.2) is 16.2 Å². The molecule has 1 aliphatic rings. The maximum Gasteiger partial charge on any atom is 0.273 e. The average Bonchev–Trinajstić information content (AvgIpc) is 2.63. The number of fused-ring (bicyclic) bond motifs is 1. The van der Waals surface area contributed by atoms with E-state index in [1.165, 1.54) is 0 Å². The van der Waals surface area contributed by atoms with Crippen molar-refractivity contribution in [1.82, 2.24) is 0 Å². The number of halogens is 2. The monoisotopic (exact) mass is 335 g/mol. The molecule has 1 aliphatic heterocycles. The lowest BCUT2D eigenvalue weighted by Crippen LogP contribution is -2.16. The van der Waals surface area contributed by atoms with E-state index in [2.05, 4.69) is 15.9 Å². The molecular weight excluding hydrogens is 330 g/mol. The number of carbonyl (C=O) groups excluding carboxylic acids is 1. The average molecular weight is 337 g/mol. The van der Waals surface area contributed by atoms with Gasteiger partial charge in [0.25, 0.3) is 11.5 Å². The Bertz CT molecular complexity index is 740. The van der Waals surface area contributed by atoms with Gasteiger partial charge < -0.3 is 5.21 Å². The minimum absolute atomic E-state index is 0.101. The van der Waals surface area contributed by atoms with E-state index in [9.17, 15) is 10.0 Å². The van der Waals surface area contributed by atoms with E-state index in [1.54, 1.807) is 36.4 Å². The molecule has 5 heteroatoms. The molecule has 0 saturated carbocycles. The van der Waals surface area contributed by atoms with Crippen LogP contribution in [0.15, 0.2) is 46.9 Å². The highest BCUT2D eigenvalue weighted by atomic mass is 79.9. The van der Waals surface area contributed by atoms with Crippen LogP contribution in [0, 0.1) is 5.21 Å². The van der Waals surface area contributed by atoms with Crippen LogP contribution in [0.2, 0.25) is 5.02 Å². The number of ketones is 1. The van der Waals surface area contributed by atoms with Crippen LogP contribution in [-0.2, 0) is 0 Å². The van der Waals surface area contributed by atoms with Crippen molar-refractivity contribution in [2.45, 2.75) is 0 Å². The summed E-state index contributed by atoms with van der Waals surface area (Å²) in [6, 6.07) is 11.9. The van der Waals surface area contributed by atoms with E-state index in [0.29, 0.717) is 21.0 Å². The quantitative estimate of drug-likeness (QED) is 0.585. The van der Waals surface area contributed by atoms with Crippen LogP contribution in [0.3, 0.4) is 0 Å². The second-order valence-corrected chi connectivity index (χ2v) is 5.44. The fourth-order valence-electron chi connectivity index (χ4n) is 2.12. The zero-order chi connectivity index (χ0) is 13.6. The number of rotatable bonds is 1. The minimum atomic E-state index is -0.339. The third kappa shape index (κ3) is 1.88. The fourth-order valence-corrected chi connectivity index (χ4v) is 2.78. The lowest BCUT2D eigenvalue weighted by atomic mass is 10.0. The van der Waals surface area contributed by atoms with Gasteiger partial charge in [0.15, 0.2) is 0 Å². The molecule has 0 bridgehead atoms. The van der Waals surface area contributed by atoms with Crippen LogP contribution in [0.4, 0.5) is 5.69 Å². The first-order chi connectivity index (χ1) is 9.09. The highest BCUT2D eigenvalue weighted by molar-refractivity contribution is 9.10. The Balaban J connectivity index is 2.23. The van der Waals surface area contributed by atoms with Crippen molar-refractivity contribution in [2.24, 2.45) is 0 Å². The van der Waals surface area contributed by atoms with E-state index in [4.69, 9.17) is 11.6 Å². The summed E-state index contributed by atoms with van der Waals surface area (Å²) in [5.74, 6) is -0.339. The Morgan fingerprint density at radius 3 is 2.58 bits per heavy atom. The first-order valence-electron chi connectivity index (χ1n) is 5.53. The molecule has 1 heterocycles. The van der Waals surface area contributed by atoms with Gasteiger partial charge >= 0.3 is 0 Å². The molecule has 2 aromatic rings. The van der Waals surface area contributed by atoms with E-state index >= 15 is 0 Å². The van der Waals surface area contributed by atoms with Gasteiger partial charge in [0.05, 0.1) is 10.6 Å². The summed E-state index contributed by atoms with van der Waals surface area (Å²) in [6.45, 7) is 0. The predicted molar refractivity (Wildman–Crippen MR) is 77.3 cm³/mol. The van der Waals surface area contributed by atoms with Crippen LogP contribution in [0.1, 0.15) is 15.9 Å². The van der Waals surface area contributed by atoms with Crippen LogP contribution in [0.25, 0.3) is 0 Å². The van der Waals surface area contributed by atoms with Crippen molar-refractivity contribution in [3.05, 3.63) is 68.3 Å². The molecule has 0 atom stereocenters. The molecule has 0 N–H and O–H groups in total. The molecule has 94 valence electrons. The highest BCUT2D eigenvalue weighted by Crippen LogP contribution is 2.33. The fraction of sp³-hybridized carbons (Fsp3) is 0. The van der Waals surface area contributed by atoms with Gasteiger partial charge in [0.2, 0.25) is 5.69 Å². The molecule has 0 saturated heterocycles. The van der Waals surface area contributed by atoms with Crippen molar-refractivity contribution in [1.29, 1.82) is 0 Å². The second kappa shape index (κ2) is 4.47. The molecule has 0 aromatic heterocycles. The van der Waals surface area contributed by atoms with Crippen LogP contribution < -0.4 is 0 Å². The molecular formula is C14H7BrClNO2. The first-order valence-corrected chi connectivity index (χ1v) is 6.70. The van der Waals surface area contributed by atoms with Crippen LogP contribution in [0.5, 0.6) is 0 Å². The number of benzene rings is 2. The zero-order valence-corrected chi connectivity index (χ0v) is 11.9. The molecule has 0 fully saturated rings. The highest BCUT2D eigenvalue weighted by Gasteiger charge is 2.38. The molecule has 0 aliphatic carbocycles. The van der Waals surface area contributed by atoms with Gasteiger partial charge in [-0.3, -0.25) is 4.79 Å². The SMILES string of the molecule is O=C1C(c2cccc(Br)c2)=[N+]([O-])c2cccc(Cl)c21. The van der Waals surface area contributed by atoms with E-state index in [1.807, 2.05) is 6.07 Å². The first kappa shape index (κ1) is 12.4. The summed E-state index contributed by atoms with van der Waals surface area (Å²) < 4.78 is 1.45. The van der Waals surface area contributed by atoms with Gasteiger partial charge in [-0.1, -0.05) is 39.7 Å². The Morgan fingerprint density at radius 1 is 1.16 bits per heavy atom. The largest absolute Gasteiger partial charge is 0.618 e. The lowest BCUT2D eigenvalue weighted by molar-refractivity contribution is -0.355. The summed E-state index contributed by atoms with van der Waals surface area (Å²) >= 11 is 9.33. The molecule has 3 nitrogen and oxygen atoms in total. The number of Topliss-reactive ketones (excluding diaryl/α,β-unsaturated/α-hetero) is 1. The number of carbonyl (C=O) groups is 1. The molecule has 0 spiro atoms. The van der Waals surface area contributed by atoms with Crippen molar-refractivity contribution >= 4 is 44.7 Å². The molecule has 19 heavy (non-hydrogen) atoms. The van der Waals surface area contributed by atoms with Gasteiger partial charge in [-0.25, -0.2) is 0 Å². The molecule has 0 amide bonds. The van der Waals surface area contributed by atoms with Gasteiger partial charge in [-0.05, 0) is 24.3 Å². The molecule has 3 rings (SSSR count). The zero-order valence-electron chi connectivity index (χ0n) is 9.56. The summed E-state index contributed by atoms with van der Waals surface area (Å²) in [7, 11) is 0. The van der Waals surface area contributed by atoms with Gasteiger partial charge in [-0.15, -0.1) is 0 Å². The minimum Gasteiger partial charge on any atom is -0.618 e. The number of hydrogen-bond acceptors (Lipinski definition) is 2. The Labute approximate surface area is 122 Å². The van der Waals surface area contributed by atoms with Crippen molar-refractivity contribution in [3.8, 4) is 0 Å². The Morgan fingerprint density at radius 2 is 1.89 bits per heavy atom. The summed E-state index contributed by atoms with van der Waals surface area (Å²) in [5, 5.41) is 12.6. The predicted octanol–water partition coefficient (Wildman–Crippen LogP) is 3.93. The molecule has 0 radical (unpaired) electrons. The lowest BCUT2D eigenvalue weighted by Gasteiger charge is -2.02. The van der Waals surface area contributed by atoms with E-state index in [-0.39, 0.29) is 17.1 Å². The topological polar surface area (TPSA) is 43.1 Å². The van der Waals surface area contributed by atoms with Crippen LogP contribution >= 0.6 is 27.5 Å². The van der Waals surface area contributed by atoms with E-state index < -0.39 is 0 Å². The third-order valence-electron chi connectivity index (χ3n) is 2.95. The van der Waals surface area contributed by atoms with Gasteiger partial charge in [-0.2, -0.15) is 4.74 Å². The summed E-state index contributed by atoms with van der Waals surface area (Å²) in [6.07, 6.45) is 0. The molecule has 0 unspecified atom stereocenters. The maximum atomic E-state index is 12.4. The number of nitrogens with zero attached hydrogens (tertiary/aromatic N) is 1. The standard InChI is InChI=1S/C14H7BrClNO2/c15-9-4-1-3-8(7-9)13-14(18)12-10(16)5-2-6-11(12)17(13)19/h1-7H. The smallest absolute Gasteiger partial charge is 0.273 e. The van der Waals surface area contributed by atoms with Gasteiger partial charge in [0.1, 0.15) is 5.56 Å². The van der Waals surface area contributed by atoms with Crippen molar-refractivity contribution in [3.63, 3.8) is 0 Å². The van der Waals surface area contributed by atoms with Crippen molar-refractivity contribution < 1.29 is 9.53 Å². The number of hydrogen-bond donors (Lipinski definition) is 0. The maximum absolute atomic E-state index is 12.4. The van der Waals surface area contributed by atoms with E-state index in [0.717, 1.165) is 4.47 Å². The Kier molecular flexibility index (Phi) is 2.92. The molecule has 2 aromatic carbocycles. The second-order valence-electron chi connectivity index (χ2n) is 4.12. The Hall–Kier alpha value is -1.65. The van der Waals surface area contributed by atoms with Gasteiger partial charge in [0, 0.05) is 10.5 Å². The summed E-state index contributed by atoms with van der Waals surface area (Å²) in [4.78, 5) is 12.4. The third-order valence-corrected chi connectivity index (χ3v) is 3.76.